The van der Waals surface area contributed by atoms with E-state index in [-0.39, 0.29) is 0 Å². The lowest BCUT2D eigenvalue weighted by Crippen LogP contribution is -2.44. The van der Waals surface area contributed by atoms with Crippen LogP contribution in [0.15, 0.2) is 42.7 Å². The highest BCUT2D eigenvalue weighted by Crippen LogP contribution is 2.16. The number of imidazole rings is 1. The predicted octanol–water partition coefficient (Wildman–Crippen LogP) is 1.46. The van der Waals surface area contributed by atoms with Crippen LogP contribution in [0.25, 0.3) is 11.4 Å². The van der Waals surface area contributed by atoms with Crippen LogP contribution in [0.2, 0.25) is 0 Å². The molecule has 0 amide bonds. The van der Waals surface area contributed by atoms with Crippen molar-refractivity contribution in [3.05, 3.63) is 42.7 Å². The van der Waals surface area contributed by atoms with Crippen molar-refractivity contribution in [2.24, 2.45) is 0 Å². The Balaban J connectivity index is 1.67. The van der Waals surface area contributed by atoms with Gasteiger partial charge in [-0.25, -0.2) is 4.98 Å². The smallest absolute Gasteiger partial charge is 0.139 e. The average molecular weight is 256 g/mol. The quantitative estimate of drug-likeness (QED) is 0.899. The molecule has 1 aliphatic rings. The summed E-state index contributed by atoms with van der Waals surface area (Å²) in [6.07, 6.45) is 3.96. The molecule has 1 fully saturated rings. The van der Waals surface area contributed by atoms with E-state index in [0.29, 0.717) is 0 Å². The third kappa shape index (κ3) is 3.03. The Hall–Kier alpha value is -1.65. The molecule has 2 aromatic rings. The highest BCUT2D eigenvalue weighted by atomic mass is 15.2. The number of hydrogen-bond acceptors (Lipinski definition) is 3. The number of nitrogens with zero attached hydrogens (tertiary/aromatic N) is 3. The lowest BCUT2D eigenvalue weighted by Gasteiger charge is -2.27. The second-order valence-corrected chi connectivity index (χ2v) is 4.90. The van der Waals surface area contributed by atoms with Crippen molar-refractivity contribution in [3.8, 4) is 11.4 Å². The second-order valence-electron chi connectivity index (χ2n) is 4.90. The summed E-state index contributed by atoms with van der Waals surface area (Å²) < 4.78 is 2.25. The van der Waals surface area contributed by atoms with Crippen molar-refractivity contribution in [1.29, 1.82) is 0 Å². The number of benzene rings is 1. The minimum atomic E-state index is 1.00. The minimum absolute atomic E-state index is 1.00. The molecule has 0 atom stereocenters. The van der Waals surface area contributed by atoms with Crippen molar-refractivity contribution in [2.75, 3.05) is 32.7 Å². The van der Waals surface area contributed by atoms with Gasteiger partial charge < -0.3 is 9.88 Å². The van der Waals surface area contributed by atoms with E-state index in [1.54, 1.807) is 0 Å². The fourth-order valence-electron chi connectivity index (χ4n) is 2.52. The maximum atomic E-state index is 4.48. The molecule has 0 bridgehead atoms. The third-order valence-corrected chi connectivity index (χ3v) is 3.61. The molecule has 0 radical (unpaired) electrons. The van der Waals surface area contributed by atoms with E-state index in [1.165, 1.54) is 5.56 Å². The molecule has 4 nitrogen and oxygen atoms in total. The van der Waals surface area contributed by atoms with Crippen LogP contribution < -0.4 is 5.32 Å². The first-order valence-corrected chi connectivity index (χ1v) is 6.93. The van der Waals surface area contributed by atoms with E-state index in [0.717, 1.165) is 45.1 Å². The first-order valence-electron chi connectivity index (χ1n) is 6.93. The van der Waals surface area contributed by atoms with Crippen LogP contribution in [0.5, 0.6) is 0 Å². The summed E-state index contributed by atoms with van der Waals surface area (Å²) >= 11 is 0. The average Bonchev–Trinajstić information content (AvgIpc) is 2.95. The van der Waals surface area contributed by atoms with Crippen LogP contribution in [0, 0.1) is 0 Å². The second kappa shape index (κ2) is 5.99. The molecule has 0 saturated carbocycles. The van der Waals surface area contributed by atoms with Crippen LogP contribution in [-0.2, 0) is 6.54 Å². The maximum Gasteiger partial charge on any atom is 0.139 e. The van der Waals surface area contributed by atoms with Gasteiger partial charge in [0.25, 0.3) is 0 Å². The number of piperazine rings is 1. The van der Waals surface area contributed by atoms with E-state index >= 15 is 0 Å². The van der Waals surface area contributed by atoms with Gasteiger partial charge >= 0.3 is 0 Å². The summed E-state index contributed by atoms with van der Waals surface area (Å²) in [6, 6.07) is 10.4. The van der Waals surface area contributed by atoms with E-state index in [9.17, 15) is 0 Å². The van der Waals surface area contributed by atoms with Crippen molar-refractivity contribution in [3.63, 3.8) is 0 Å². The lowest BCUT2D eigenvalue weighted by molar-refractivity contribution is 0.233. The Kier molecular flexibility index (Phi) is 3.91. The minimum Gasteiger partial charge on any atom is -0.330 e. The zero-order valence-corrected chi connectivity index (χ0v) is 11.1. The van der Waals surface area contributed by atoms with Gasteiger partial charge in [0, 0.05) is 57.2 Å². The summed E-state index contributed by atoms with van der Waals surface area (Å²) in [7, 11) is 0. The van der Waals surface area contributed by atoms with Crippen LogP contribution >= 0.6 is 0 Å². The van der Waals surface area contributed by atoms with Gasteiger partial charge in [-0.2, -0.15) is 0 Å². The van der Waals surface area contributed by atoms with E-state index in [2.05, 4.69) is 50.2 Å². The van der Waals surface area contributed by atoms with Gasteiger partial charge in [0.1, 0.15) is 5.82 Å². The van der Waals surface area contributed by atoms with Crippen LogP contribution in [-0.4, -0.2) is 47.2 Å². The first-order chi connectivity index (χ1) is 9.43. The van der Waals surface area contributed by atoms with Gasteiger partial charge in [-0.3, -0.25) is 4.90 Å². The monoisotopic (exact) mass is 256 g/mol. The van der Waals surface area contributed by atoms with Crippen molar-refractivity contribution in [2.45, 2.75) is 6.54 Å². The number of rotatable bonds is 4. The molecule has 1 aromatic carbocycles. The zero-order chi connectivity index (χ0) is 12.9. The summed E-state index contributed by atoms with van der Waals surface area (Å²) in [5.74, 6) is 1.07. The molecule has 1 N–H and O–H groups in total. The normalized spacial score (nSPS) is 16.6. The molecular weight excluding hydrogens is 236 g/mol. The van der Waals surface area contributed by atoms with Crippen LogP contribution in [0.4, 0.5) is 0 Å². The molecule has 0 unspecified atom stereocenters. The Labute approximate surface area is 114 Å². The summed E-state index contributed by atoms with van der Waals surface area (Å²) in [5, 5.41) is 3.38. The largest absolute Gasteiger partial charge is 0.330 e. The first kappa shape index (κ1) is 12.4. The summed E-state index contributed by atoms with van der Waals surface area (Å²) in [4.78, 5) is 6.99. The van der Waals surface area contributed by atoms with Crippen molar-refractivity contribution < 1.29 is 0 Å². The predicted molar refractivity (Wildman–Crippen MR) is 77.0 cm³/mol. The molecule has 1 aromatic heterocycles. The molecule has 1 aliphatic heterocycles. The van der Waals surface area contributed by atoms with Crippen LogP contribution in [0.1, 0.15) is 0 Å². The highest BCUT2D eigenvalue weighted by molar-refractivity contribution is 5.55. The standard InChI is InChI=1S/C15H20N4/c1-2-4-14(5-3-1)15-17-8-11-19(15)13-12-18-9-6-16-7-10-18/h1-5,8,11,16H,6-7,9-10,12-13H2. The van der Waals surface area contributed by atoms with Crippen LogP contribution in [0.3, 0.4) is 0 Å². The fourth-order valence-corrected chi connectivity index (χ4v) is 2.52. The molecular formula is C15H20N4. The van der Waals surface area contributed by atoms with Gasteiger partial charge in [0.05, 0.1) is 0 Å². The maximum absolute atomic E-state index is 4.48. The molecule has 19 heavy (non-hydrogen) atoms. The van der Waals surface area contributed by atoms with E-state index < -0.39 is 0 Å². The molecule has 0 aliphatic carbocycles. The van der Waals surface area contributed by atoms with E-state index in [1.807, 2.05) is 12.3 Å². The molecule has 2 heterocycles. The molecule has 3 rings (SSSR count). The Morgan fingerprint density at radius 2 is 1.84 bits per heavy atom. The van der Waals surface area contributed by atoms with Gasteiger partial charge in [0.2, 0.25) is 0 Å². The lowest BCUT2D eigenvalue weighted by atomic mass is 10.2. The highest BCUT2D eigenvalue weighted by Gasteiger charge is 2.10. The van der Waals surface area contributed by atoms with Gasteiger partial charge in [-0.1, -0.05) is 30.3 Å². The molecule has 100 valence electrons. The van der Waals surface area contributed by atoms with E-state index in [4.69, 9.17) is 0 Å². The zero-order valence-electron chi connectivity index (χ0n) is 11.1. The molecule has 0 spiro atoms. The molecule has 1 saturated heterocycles. The Morgan fingerprint density at radius 1 is 1.05 bits per heavy atom. The Morgan fingerprint density at radius 3 is 2.63 bits per heavy atom. The molecule has 4 heteroatoms. The van der Waals surface area contributed by atoms with Crippen molar-refractivity contribution >= 4 is 0 Å². The van der Waals surface area contributed by atoms with Crippen molar-refractivity contribution in [1.82, 2.24) is 19.8 Å². The van der Waals surface area contributed by atoms with Gasteiger partial charge in [-0.05, 0) is 0 Å². The summed E-state index contributed by atoms with van der Waals surface area (Å²) in [5.41, 5.74) is 1.19. The summed E-state index contributed by atoms with van der Waals surface area (Å²) in [6.45, 7) is 6.61. The third-order valence-electron chi connectivity index (χ3n) is 3.61. The van der Waals surface area contributed by atoms with Gasteiger partial charge in [0.15, 0.2) is 0 Å². The topological polar surface area (TPSA) is 33.1 Å². The fraction of sp³-hybridized carbons (Fsp3) is 0.400. The van der Waals surface area contributed by atoms with Gasteiger partial charge in [-0.15, -0.1) is 0 Å². The SMILES string of the molecule is c1ccc(-c2nccn2CCN2CCNCC2)cc1. The Bertz CT molecular complexity index is 500. The number of hydrogen-bond donors (Lipinski definition) is 1. The number of aromatic nitrogens is 2. The number of nitrogens with one attached hydrogen (secondary N) is 1.